The zero-order valence-corrected chi connectivity index (χ0v) is 18.4. The first kappa shape index (κ1) is 21.0. The number of anilines is 1. The van der Waals surface area contributed by atoms with E-state index in [0.717, 1.165) is 11.3 Å². The number of carbonyl (C=O) groups excluding carboxylic acids is 1. The number of hydrogen-bond acceptors (Lipinski definition) is 6. The lowest BCUT2D eigenvalue weighted by Crippen LogP contribution is -2.13. The fourth-order valence-electron chi connectivity index (χ4n) is 3.55. The molecule has 0 atom stereocenters. The summed E-state index contributed by atoms with van der Waals surface area (Å²) in [6.45, 7) is -0.973. The second-order valence-corrected chi connectivity index (χ2v) is 8.35. The van der Waals surface area contributed by atoms with Crippen LogP contribution < -0.4 is 10.1 Å². The summed E-state index contributed by atoms with van der Waals surface area (Å²) >= 11 is 1.18. The van der Waals surface area contributed by atoms with Crippen molar-refractivity contribution in [1.82, 2.24) is 19.7 Å². The number of hydrogen-bond donors (Lipinski definition) is 1. The summed E-state index contributed by atoms with van der Waals surface area (Å²) in [7, 11) is 1.85. The van der Waals surface area contributed by atoms with Crippen molar-refractivity contribution in [1.29, 1.82) is 0 Å². The quantitative estimate of drug-likeness (QED) is 0.376. The summed E-state index contributed by atoms with van der Waals surface area (Å²) in [6.07, 6.45) is 1.72. The van der Waals surface area contributed by atoms with Crippen molar-refractivity contribution in [2.75, 3.05) is 5.32 Å². The van der Waals surface area contributed by atoms with Crippen LogP contribution in [0.4, 0.5) is 13.9 Å². The Bertz CT molecular complexity index is 1510. The highest BCUT2D eigenvalue weighted by atomic mass is 32.1. The number of nitrogens with one attached hydrogen (secondary N) is 1. The number of para-hydroxylation sites is 1. The van der Waals surface area contributed by atoms with Crippen LogP contribution in [0.15, 0.2) is 54.7 Å². The third-order valence-corrected chi connectivity index (χ3v) is 6.21. The summed E-state index contributed by atoms with van der Waals surface area (Å²) in [5.74, 6) is -0.310. The number of thiazole rings is 1. The topological polar surface area (TPSA) is 81.9 Å². The van der Waals surface area contributed by atoms with Crippen molar-refractivity contribution < 1.29 is 18.3 Å². The van der Waals surface area contributed by atoms with Crippen LogP contribution in [0.1, 0.15) is 16.1 Å². The van der Waals surface area contributed by atoms with E-state index in [-0.39, 0.29) is 11.7 Å². The molecule has 33 heavy (non-hydrogen) atoms. The maximum absolute atomic E-state index is 13.3. The predicted molar refractivity (Wildman–Crippen MR) is 123 cm³/mol. The third-order valence-electron chi connectivity index (χ3n) is 5.28. The van der Waals surface area contributed by atoms with Crippen LogP contribution in [-0.4, -0.2) is 32.3 Å². The van der Waals surface area contributed by atoms with E-state index in [0.29, 0.717) is 37.5 Å². The molecule has 5 aromatic rings. The molecule has 166 valence electrons. The van der Waals surface area contributed by atoms with Crippen LogP contribution >= 0.6 is 11.3 Å². The van der Waals surface area contributed by atoms with E-state index in [1.165, 1.54) is 23.5 Å². The second kappa shape index (κ2) is 8.21. The van der Waals surface area contributed by atoms with Crippen molar-refractivity contribution in [3.63, 3.8) is 0 Å². The number of fused-ring (bicyclic) bond motifs is 2. The van der Waals surface area contributed by atoms with Crippen molar-refractivity contribution >= 4 is 43.5 Å². The zero-order chi connectivity index (χ0) is 23.1. The number of nitrogens with zero attached hydrogens (tertiary/aromatic N) is 4. The summed E-state index contributed by atoms with van der Waals surface area (Å²) in [5, 5.41) is 8.16. The number of ether oxygens (including phenoxy) is 1. The minimum absolute atomic E-state index is 0.0376. The number of alkyl halides is 2. The molecule has 2 aromatic carbocycles. The molecular weight excluding hydrogens is 448 g/mol. The molecule has 0 saturated heterocycles. The molecule has 0 aliphatic rings. The van der Waals surface area contributed by atoms with Gasteiger partial charge in [-0.05, 0) is 37.3 Å². The summed E-state index contributed by atoms with van der Waals surface area (Å²) in [6, 6.07) is 13.6. The fraction of sp³-hybridized carbons (Fsp3) is 0.130. The number of aryl methyl sites for hydroxylation is 1. The van der Waals surface area contributed by atoms with Gasteiger partial charge in [-0.3, -0.25) is 14.8 Å². The van der Waals surface area contributed by atoms with E-state index in [1.54, 1.807) is 23.0 Å². The summed E-state index contributed by atoms with van der Waals surface area (Å²) < 4.78 is 31.8. The smallest absolute Gasteiger partial charge is 0.387 e. The Labute approximate surface area is 190 Å². The lowest BCUT2D eigenvalue weighted by Gasteiger charge is -2.09. The predicted octanol–water partition coefficient (Wildman–Crippen LogP) is 5.41. The Kier molecular flexibility index (Phi) is 5.21. The average molecular weight is 465 g/mol. The SMILES string of the molecule is Cc1c(-c2cc(C(=O)Nc3nc4ccc(OC(F)F)cc4s3)c3ccccc3n2)cnn1C. The van der Waals surface area contributed by atoms with E-state index in [1.807, 2.05) is 38.2 Å². The number of rotatable bonds is 5. The molecule has 0 aliphatic heterocycles. The zero-order valence-electron chi connectivity index (χ0n) is 17.5. The standard InChI is InChI=1S/C23H17F2N5O2S/c1-12-16(11-26-30(12)2)19-10-15(14-5-3-4-6-17(14)27-19)21(31)29-23-28-18-8-7-13(32-22(24)25)9-20(18)33-23/h3-11,22H,1-2H3,(H,28,29,31). The average Bonchev–Trinajstić information content (AvgIpc) is 3.34. The maximum Gasteiger partial charge on any atom is 0.387 e. The van der Waals surface area contributed by atoms with Crippen LogP contribution in [-0.2, 0) is 7.05 Å². The summed E-state index contributed by atoms with van der Waals surface area (Å²) in [4.78, 5) is 22.4. The van der Waals surface area contributed by atoms with Gasteiger partial charge in [0.15, 0.2) is 5.13 Å². The Balaban J connectivity index is 1.52. The number of halogens is 2. The van der Waals surface area contributed by atoms with Crippen molar-refractivity contribution in [2.24, 2.45) is 7.05 Å². The van der Waals surface area contributed by atoms with Gasteiger partial charge in [0.2, 0.25) is 0 Å². The van der Waals surface area contributed by atoms with Gasteiger partial charge in [-0.1, -0.05) is 29.5 Å². The molecule has 0 radical (unpaired) electrons. The normalized spacial score (nSPS) is 11.4. The number of benzene rings is 2. The van der Waals surface area contributed by atoms with Crippen molar-refractivity contribution in [2.45, 2.75) is 13.5 Å². The van der Waals surface area contributed by atoms with Crippen LogP contribution in [0, 0.1) is 6.92 Å². The highest BCUT2D eigenvalue weighted by Gasteiger charge is 2.18. The lowest BCUT2D eigenvalue weighted by molar-refractivity contribution is -0.0497. The van der Waals surface area contributed by atoms with Gasteiger partial charge < -0.3 is 4.74 Å². The first-order valence-corrected chi connectivity index (χ1v) is 10.8. The van der Waals surface area contributed by atoms with Gasteiger partial charge in [-0.25, -0.2) is 9.97 Å². The molecule has 0 bridgehead atoms. The van der Waals surface area contributed by atoms with Crippen LogP contribution in [0.5, 0.6) is 5.75 Å². The largest absolute Gasteiger partial charge is 0.435 e. The Morgan fingerprint density at radius 2 is 1.94 bits per heavy atom. The van der Waals surface area contributed by atoms with Crippen molar-refractivity contribution in [3.05, 3.63) is 66.0 Å². The Morgan fingerprint density at radius 1 is 1.12 bits per heavy atom. The first-order chi connectivity index (χ1) is 15.9. The molecule has 3 aromatic heterocycles. The highest BCUT2D eigenvalue weighted by molar-refractivity contribution is 7.22. The molecule has 0 saturated carbocycles. The molecule has 0 fully saturated rings. The van der Waals surface area contributed by atoms with Gasteiger partial charge in [0.25, 0.3) is 5.91 Å². The molecule has 10 heteroatoms. The molecule has 1 N–H and O–H groups in total. The lowest BCUT2D eigenvalue weighted by atomic mass is 10.0. The maximum atomic E-state index is 13.3. The minimum Gasteiger partial charge on any atom is -0.435 e. The van der Waals surface area contributed by atoms with E-state index >= 15 is 0 Å². The number of carbonyl (C=O) groups is 1. The highest BCUT2D eigenvalue weighted by Crippen LogP contribution is 2.31. The van der Waals surface area contributed by atoms with E-state index < -0.39 is 6.61 Å². The second-order valence-electron chi connectivity index (χ2n) is 7.32. The van der Waals surface area contributed by atoms with E-state index in [2.05, 4.69) is 20.1 Å². The number of aromatic nitrogens is 4. The van der Waals surface area contributed by atoms with Crippen LogP contribution in [0.2, 0.25) is 0 Å². The van der Waals surface area contributed by atoms with Crippen LogP contribution in [0.25, 0.3) is 32.4 Å². The molecular formula is C23H17F2N5O2S. The monoisotopic (exact) mass is 465 g/mol. The van der Waals surface area contributed by atoms with Gasteiger partial charge in [0, 0.05) is 23.7 Å². The van der Waals surface area contributed by atoms with Gasteiger partial charge in [0.1, 0.15) is 5.75 Å². The molecule has 0 unspecified atom stereocenters. The molecule has 5 rings (SSSR count). The Morgan fingerprint density at radius 3 is 2.70 bits per heavy atom. The fourth-order valence-corrected chi connectivity index (χ4v) is 4.44. The van der Waals surface area contributed by atoms with Gasteiger partial charge >= 0.3 is 6.61 Å². The van der Waals surface area contributed by atoms with Gasteiger partial charge in [0.05, 0.1) is 33.2 Å². The third kappa shape index (κ3) is 4.00. The molecule has 0 spiro atoms. The van der Waals surface area contributed by atoms with E-state index in [9.17, 15) is 13.6 Å². The molecule has 7 nitrogen and oxygen atoms in total. The first-order valence-electron chi connectivity index (χ1n) is 9.94. The van der Waals surface area contributed by atoms with Crippen LogP contribution in [0.3, 0.4) is 0 Å². The number of amides is 1. The van der Waals surface area contributed by atoms with E-state index in [4.69, 9.17) is 4.98 Å². The molecule has 1 amide bonds. The van der Waals surface area contributed by atoms with Crippen molar-refractivity contribution in [3.8, 4) is 17.0 Å². The Hall–Kier alpha value is -3.92. The summed E-state index contributed by atoms with van der Waals surface area (Å²) in [5.41, 5.74) is 4.10. The van der Waals surface area contributed by atoms with Gasteiger partial charge in [-0.2, -0.15) is 13.9 Å². The molecule has 0 aliphatic carbocycles. The minimum atomic E-state index is -2.91. The molecule has 3 heterocycles. The number of pyridine rings is 1. The van der Waals surface area contributed by atoms with Gasteiger partial charge in [-0.15, -0.1) is 0 Å².